The molecule has 2 aromatic carbocycles. The Hall–Kier alpha value is -3.09. The summed E-state index contributed by atoms with van der Waals surface area (Å²) in [5, 5.41) is 0. The molecule has 166 valence electrons. The van der Waals surface area contributed by atoms with E-state index in [1.54, 1.807) is 42.3 Å². The summed E-state index contributed by atoms with van der Waals surface area (Å²) >= 11 is 0. The van der Waals surface area contributed by atoms with Gasteiger partial charge < -0.3 is 9.64 Å². The summed E-state index contributed by atoms with van der Waals surface area (Å²) in [5.74, 6) is -2.59. The van der Waals surface area contributed by atoms with Crippen LogP contribution >= 0.6 is 0 Å². The SMILES string of the molecule is C=C1C(C)=CC(c2ccccc2)=C(c2c(F)cc(OCC(F)(F)F)cc2F)N1C.CC. The van der Waals surface area contributed by atoms with Crippen LogP contribution in [-0.4, -0.2) is 24.7 Å². The first-order valence-electron chi connectivity index (χ1n) is 9.68. The molecule has 2 nitrogen and oxygen atoms in total. The lowest BCUT2D eigenvalue weighted by molar-refractivity contribution is -0.153. The van der Waals surface area contributed by atoms with Crippen molar-refractivity contribution in [2.45, 2.75) is 26.9 Å². The summed E-state index contributed by atoms with van der Waals surface area (Å²) in [6.07, 6.45) is -2.84. The number of likely N-dealkylation sites (N-methyl/N-ethyl adjacent to an activating group) is 1. The Morgan fingerprint density at radius 3 is 2.06 bits per heavy atom. The fourth-order valence-corrected chi connectivity index (χ4v) is 3.11. The molecule has 0 atom stereocenters. The lowest BCUT2D eigenvalue weighted by Gasteiger charge is -2.32. The molecular formula is C24H24F5NO. The van der Waals surface area contributed by atoms with Gasteiger partial charge in [0, 0.05) is 30.5 Å². The highest BCUT2D eigenvalue weighted by atomic mass is 19.4. The predicted molar refractivity (Wildman–Crippen MR) is 113 cm³/mol. The zero-order valence-corrected chi connectivity index (χ0v) is 17.8. The molecule has 0 saturated carbocycles. The molecule has 2 aromatic rings. The Labute approximate surface area is 179 Å². The van der Waals surface area contributed by atoms with Crippen molar-refractivity contribution in [1.29, 1.82) is 0 Å². The van der Waals surface area contributed by atoms with E-state index in [2.05, 4.69) is 11.3 Å². The molecule has 0 aliphatic carbocycles. The third-order valence-corrected chi connectivity index (χ3v) is 4.55. The third-order valence-electron chi connectivity index (χ3n) is 4.55. The molecule has 0 N–H and O–H groups in total. The van der Waals surface area contributed by atoms with Crippen molar-refractivity contribution in [1.82, 2.24) is 4.90 Å². The first-order valence-corrected chi connectivity index (χ1v) is 9.68. The Morgan fingerprint density at radius 2 is 1.55 bits per heavy atom. The summed E-state index contributed by atoms with van der Waals surface area (Å²) in [7, 11) is 1.63. The molecule has 1 aliphatic rings. The first-order chi connectivity index (χ1) is 14.6. The van der Waals surface area contributed by atoms with Gasteiger partial charge in [0.2, 0.25) is 0 Å². The maximum absolute atomic E-state index is 14.9. The van der Waals surface area contributed by atoms with Gasteiger partial charge in [-0.05, 0) is 24.1 Å². The van der Waals surface area contributed by atoms with Crippen LogP contribution in [0.25, 0.3) is 11.3 Å². The minimum absolute atomic E-state index is 0.226. The van der Waals surface area contributed by atoms with E-state index in [0.29, 0.717) is 11.3 Å². The fraction of sp³-hybridized carbons (Fsp3) is 0.250. The Balaban J connectivity index is 0.00000166. The van der Waals surface area contributed by atoms with E-state index in [-0.39, 0.29) is 11.3 Å². The van der Waals surface area contributed by atoms with Gasteiger partial charge in [0.1, 0.15) is 17.4 Å². The number of hydrogen-bond acceptors (Lipinski definition) is 2. The summed E-state index contributed by atoms with van der Waals surface area (Å²) < 4.78 is 71.3. The minimum atomic E-state index is -4.61. The summed E-state index contributed by atoms with van der Waals surface area (Å²) in [4.78, 5) is 1.56. The number of alkyl halides is 3. The molecule has 0 radical (unpaired) electrons. The Morgan fingerprint density at radius 1 is 1.00 bits per heavy atom. The molecule has 31 heavy (non-hydrogen) atoms. The van der Waals surface area contributed by atoms with Crippen LogP contribution in [0.4, 0.5) is 22.0 Å². The van der Waals surface area contributed by atoms with Crippen LogP contribution in [0.3, 0.4) is 0 Å². The van der Waals surface area contributed by atoms with Crippen LogP contribution in [0.15, 0.2) is 66.4 Å². The van der Waals surface area contributed by atoms with Gasteiger partial charge >= 0.3 is 6.18 Å². The lowest BCUT2D eigenvalue weighted by atomic mass is 9.92. The molecule has 0 bridgehead atoms. The van der Waals surface area contributed by atoms with Crippen LogP contribution in [-0.2, 0) is 0 Å². The average molecular weight is 437 g/mol. The number of allylic oxidation sites excluding steroid dienone is 3. The minimum Gasteiger partial charge on any atom is -0.484 e. The quantitative estimate of drug-likeness (QED) is 0.469. The molecule has 0 aromatic heterocycles. The van der Waals surface area contributed by atoms with Gasteiger partial charge in [0.15, 0.2) is 6.61 Å². The molecule has 7 heteroatoms. The zero-order valence-electron chi connectivity index (χ0n) is 17.8. The second kappa shape index (κ2) is 9.81. The van der Waals surface area contributed by atoms with Crippen LogP contribution < -0.4 is 4.74 Å². The second-order valence-electron chi connectivity index (χ2n) is 6.63. The van der Waals surface area contributed by atoms with Gasteiger partial charge in [-0.3, -0.25) is 0 Å². The largest absolute Gasteiger partial charge is 0.484 e. The Bertz CT molecular complexity index is 983. The normalized spacial score (nSPS) is 14.2. The van der Waals surface area contributed by atoms with Crippen molar-refractivity contribution in [3.63, 3.8) is 0 Å². The average Bonchev–Trinajstić information content (AvgIpc) is 2.73. The number of rotatable bonds is 4. The van der Waals surface area contributed by atoms with E-state index in [1.165, 1.54) is 0 Å². The molecule has 0 unspecified atom stereocenters. The third kappa shape index (κ3) is 5.54. The van der Waals surface area contributed by atoms with E-state index in [0.717, 1.165) is 23.3 Å². The number of halogens is 5. The van der Waals surface area contributed by atoms with Crippen molar-refractivity contribution in [3.8, 4) is 5.75 Å². The molecule has 0 amide bonds. The van der Waals surface area contributed by atoms with Crippen molar-refractivity contribution >= 4 is 11.3 Å². The highest BCUT2D eigenvalue weighted by Gasteiger charge is 2.30. The van der Waals surface area contributed by atoms with Gasteiger partial charge in [-0.25, -0.2) is 8.78 Å². The standard InChI is InChI=1S/C22H18F5NO.C2H6/c1-13-9-17(15-7-5-4-6-8-15)21(28(3)14(13)2)20-18(23)10-16(11-19(20)24)29-12-22(25,26)27;1-2/h4-11H,2,12H2,1,3H3;1-2H3. The van der Waals surface area contributed by atoms with Crippen LogP contribution in [0.2, 0.25) is 0 Å². The van der Waals surface area contributed by atoms with Crippen molar-refractivity contribution in [2.24, 2.45) is 0 Å². The van der Waals surface area contributed by atoms with Crippen molar-refractivity contribution in [3.05, 3.63) is 89.2 Å². The van der Waals surface area contributed by atoms with Crippen molar-refractivity contribution in [2.75, 3.05) is 13.7 Å². The molecule has 0 fully saturated rings. The van der Waals surface area contributed by atoms with Gasteiger partial charge in [-0.15, -0.1) is 0 Å². The van der Waals surface area contributed by atoms with Gasteiger partial charge in [0.05, 0.1) is 11.3 Å². The topological polar surface area (TPSA) is 12.5 Å². The van der Waals surface area contributed by atoms with Gasteiger partial charge in [-0.2, -0.15) is 13.2 Å². The van der Waals surface area contributed by atoms with E-state index in [1.807, 2.05) is 26.8 Å². The lowest BCUT2D eigenvalue weighted by Crippen LogP contribution is -2.23. The monoisotopic (exact) mass is 437 g/mol. The van der Waals surface area contributed by atoms with E-state index in [4.69, 9.17) is 0 Å². The zero-order chi connectivity index (χ0) is 23.3. The molecular weight excluding hydrogens is 413 g/mol. The number of ether oxygens (including phenoxy) is 1. The highest BCUT2D eigenvalue weighted by molar-refractivity contribution is 5.97. The molecule has 1 aliphatic heterocycles. The molecule has 3 rings (SSSR count). The molecule has 0 spiro atoms. The number of nitrogens with zero attached hydrogens (tertiary/aromatic N) is 1. The Kier molecular flexibility index (Phi) is 7.65. The van der Waals surface area contributed by atoms with E-state index < -0.39 is 30.2 Å². The maximum atomic E-state index is 14.9. The summed E-state index contributed by atoms with van der Waals surface area (Å²) in [6, 6.07) is 10.5. The smallest absolute Gasteiger partial charge is 0.422 e. The fourth-order valence-electron chi connectivity index (χ4n) is 3.11. The maximum Gasteiger partial charge on any atom is 0.422 e. The predicted octanol–water partition coefficient (Wildman–Crippen LogP) is 7.21. The van der Waals surface area contributed by atoms with Gasteiger partial charge in [0.25, 0.3) is 0 Å². The molecule has 0 saturated heterocycles. The van der Waals surface area contributed by atoms with Gasteiger partial charge in [-0.1, -0.05) is 50.8 Å². The number of hydrogen-bond donors (Lipinski definition) is 0. The first kappa shape index (κ1) is 24.2. The van der Waals surface area contributed by atoms with Crippen LogP contribution in [0.5, 0.6) is 5.75 Å². The highest BCUT2D eigenvalue weighted by Crippen LogP contribution is 2.40. The van der Waals surface area contributed by atoms with Crippen LogP contribution in [0.1, 0.15) is 31.9 Å². The number of benzene rings is 2. The second-order valence-corrected chi connectivity index (χ2v) is 6.63. The molecule has 1 heterocycles. The van der Waals surface area contributed by atoms with Crippen LogP contribution in [0, 0.1) is 11.6 Å². The summed E-state index contributed by atoms with van der Waals surface area (Å²) in [6.45, 7) is 8.14. The van der Waals surface area contributed by atoms with Crippen molar-refractivity contribution < 1.29 is 26.7 Å². The van der Waals surface area contributed by atoms with E-state index >= 15 is 0 Å². The summed E-state index contributed by atoms with van der Waals surface area (Å²) in [5.41, 5.74) is 2.54. The van der Waals surface area contributed by atoms with E-state index in [9.17, 15) is 22.0 Å².